The fraction of sp³-hybridized carbons (Fsp3) is 0.750. The molecule has 174 valence electrons. The molecule has 5 nitrogen and oxygen atoms in total. The van der Waals surface area contributed by atoms with Crippen LogP contribution < -0.4 is 55.6 Å². The SMILES string of the molecule is CCCCCCCCCCCCCCCCCCc1cc(OS(=O)(=O)[O-])ccc1O.[K+]. The largest absolute Gasteiger partial charge is 1.00 e. The van der Waals surface area contributed by atoms with Crippen molar-refractivity contribution in [3.8, 4) is 11.5 Å². The summed E-state index contributed by atoms with van der Waals surface area (Å²) in [5.74, 6) is 0.0564. The Hall–Kier alpha value is 0.366. The van der Waals surface area contributed by atoms with Crippen molar-refractivity contribution in [3.63, 3.8) is 0 Å². The number of phenols is 1. The maximum absolute atomic E-state index is 10.7. The van der Waals surface area contributed by atoms with E-state index in [1.54, 1.807) is 0 Å². The first-order valence-corrected chi connectivity index (χ1v) is 13.2. The Morgan fingerprint density at radius 3 is 1.61 bits per heavy atom. The van der Waals surface area contributed by atoms with Crippen LogP contribution in [0.25, 0.3) is 0 Å². The van der Waals surface area contributed by atoms with E-state index in [0.29, 0.717) is 12.0 Å². The van der Waals surface area contributed by atoms with Gasteiger partial charge in [0.05, 0.1) is 0 Å². The molecule has 1 rings (SSSR count). The molecule has 0 aliphatic carbocycles. The van der Waals surface area contributed by atoms with Crippen LogP contribution in [0.3, 0.4) is 0 Å². The summed E-state index contributed by atoms with van der Waals surface area (Å²) in [7, 11) is -4.79. The normalized spacial score (nSPS) is 11.3. The van der Waals surface area contributed by atoms with Crippen LogP contribution in [0, 0.1) is 0 Å². The first kappa shape index (κ1) is 31.4. The number of hydrogen-bond donors (Lipinski definition) is 1. The van der Waals surface area contributed by atoms with E-state index in [1.165, 1.54) is 108 Å². The smallest absolute Gasteiger partial charge is 0.716 e. The number of benzene rings is 1. The zero-order chi connectivity index (χ0) is 22.1. The molecule has 31 heavy (non-hydrogen) atoms. The molecule has 0 bridgehead atoms. The van der Waals surface area contributed by atoms with E-state index in [4.69, 9.17) is 0 Å². The van der Waals surface area contributed by atoms with E-state index >= 15 is 0 Å². The molecule has 1 aromatic rings. The van der Waals surface area contributed by atoms with Crippen molar-refractivity contribution < 1.29 is 73.6 Å². The zero-order valence-electron chi connectivity index (χ0n) is 19.7. The fourth-order valence-corrected chi connectivity index (χ4v) is 4.13. The Labute approximate surface area is 233 Å². The Kier molecular flexibility index (Phi) is 20.0. The number of unbranched alkanes of at least 4 members (excludes halogenated alkanes) is 15. The van der Waals surface area contributed by atoms with Gasteiger partial charge in [0.2, 0.25) is 0 Å². The molecule has 0 spiro atoms. The summed E-state index contributed by atoms with van der Waals surface area (Å²) in [6, 6.07) is 4.07. The van der Waals surface area contributed by atoms with Crippen LogP contribution in [0.5, 0.6) is 11.5 Å². The predicted octanol–water partition coefficient (Wildman–Crippen LogP) is 4.04. The minimum absolute atomic E-state index is 0. The Morgan fingerprint density at radius 1 is 0.774 bits per heavy atom. The molecule has 0 unspecified atom stereocenters. The fourth-order valence-electron chi connectivity index (χ4n) is 3.80. The van der Waals surface area contributed by atoms with Crippen molar-refractivity contribution in [1.82, 2.24) is 0 Å². The minimum atomic E-state index is -4.79. The van der Waals surface area contributed by atoms with Gasteiger partial charge in [0.25, 0.3) is 10.4 Å². The third kappa shape index (κ3) is 18.5. The van der Waals surface area contributed by atoms with E-state index in [-0.39, 0.29) is 62.9 Å². The first-order chi connectivity index (χ1) is 14.4. The van der Waals surface area contributed by atoms with E-state index in [9.17, 15) is 18.1 Å². The zero-order valence-corrected chi connectivity index (χ0v) is 23.7. The van der Waals surface area contributed by atoms with Crippen LogP contribution in [0.15, 0.2) is 18.2 Å². The number of aryl methyl sites for hydroxylation is 1. The van der Waals surface area contributed by atoms with Gasteiger partial charge in [-0.05, 0) is 36.6 Å². The molecule has 1 aromatic carbocycles. The Morgan fingerprint density at radius 2 is 1.19 bits per heavy atom. The second-order valence-corrected chi connectivity index (χ2v) is 9.32. The van der Waals surface area contributed by atoms with Crippen molar-refractivity contribution in [1.29, 1.82) is 0 Å². The van der Waals surface area contributed by atoms with Gasteiger partial charge in [-0.2, -0.15) is 0 Å². The summed E-state index contributed by atoms with van der Waals surface area (Å²) in [6.07, 6.45) is 21.5. The van der Waals surface area contributed by atoms with Crippen LogP contribution in [0.1, 0.15) is 115 Å². The van der Waals surface area contributed by atoms with Crippen LogP contribution in [-0.2, 0) is 16.8 Å². The van der Waals surface area contributed by atoms with E-state index in [2.05, 4.69) is 11.1 Å². The monoisotopic (exact) mass is 480 g/mol. The molecule has 0 fully saturated rings. The molecule has 0 aliphatic rings. The number of phenolic OH excluding ortho intramolecular Hbond substituents is 1. The molecule has 0 saturated carbocycles. The predicted molar refractivity (Wildman–Crippen MR) is 122 cm³/mol. The van der Waals surface area contributed by atoms with Crippen LogP contribution in [0.4, 0.5) is 0 Å². The van der Waals surface area contributed by atoms with Crippen LogP contribution >= 0.6 is 0 Å². The molecule has 0 saturated heterocycles. The first-order valence-electron chi connectivity index (χ1n) is 11.9. The van der Waals surface area contributed by atoms with Gasteiger partial charge in [0.1, 0.15) is 11.5 Å². The van der Waals surface area contributed by atoms with Gasteiger partial charge in [0.15, 0.2) is 0 Å². The molecule has 0 heterocycles. The van der Waals surface area contributed by atoms with Gasteiger partial charge in [-0.1, -0.05) is 103 Å². The minimum Gasteiger partial charge on any atom is -0.716 e. The van der Waals surface area contributed by atoms with Crippen molar-refractivity contribution >= 4 is 10.4 Å². The van der Waals surface area contributed by atoms with E-state index in [0.717, 1.165) is 12.8 Å². The average Bonchev–Trinajstić information content (AvgIpc) is 2.68. The summed E-state index contributed by atoms with van der Waals surface area (Å²) in [4.78, 5) is 0. The van der Waals surface area contributed by atoms with Gasteiger partial charge in [-0.15, -0.1) is 0 Å². The summed E-state index contributed by atoms with van der Waals surface area (Å²) >= 11 is 0. The second-order valence-electron chi connectivity index (χ2n) is 8.34. The number of hydrogen-bond acceptors (Lipinski definition) is 5. The maximum atomic E-state index is 10.7. The Bertz CT molecular complexity index is 664. The van der Waals surface area contributed by atoms with Crippen LogP contribution in [-0.4, -0.2) is 18.1 Å². The molecule has 0 atom stereocenters. The molecule has 0 aromatic heterocycles. The van der Waals surface area contributed by atoms with E-state index < -0.39 is 10.4 Å². The molecule has 1 N–H and O–H groups in total. The molecular formula is C24H41KO5S. The maximum Gasteiger partial charge on any atom is 1.00 e. The number of rotatable bonds is 19. The third-order valence-electron chi connectivity index (χ3n) is 5.55. The standard InChI is InChI=1S/C24H42O5S.K/c1-2-3-4-5-6-7-8-9-10-11-12-13-14-15-16-17-18-22-21-23(19-20-24(22)25)29-30(26,27)28;/h19-21,25H,2-18H2,1H3,(H,26,27,28);/q;+1/p-1. The summed E-state index contributed by atoms with van der Waals surface area (Å²) in [5.41, 5.74) is 0.613. The molecule has 7 heteroatoms. The van der Waals surface area contributed by atoms with Gasteiger partial charge < -0.3 is 13.8 Å². The molecule has 0 aliphatic heterocycles. The number of aromatic hydroxyl groups is 1. The van der Waals surface area contributed by atoms with Crippen molar-refractivity contribution in [2.45, 2.75) is 116 Å². The molecular weight excluding hydrogens is 439 g/mol. The van der Waals surface area contributed by atoms with Crippen LogP contribution in [0.2, 0.25) is 0 Å². The summed E-state index contributed by atoms with van der Waals surface area (Å²) in [6.45, 7) is 2.26. The van der Waals surface area contributed by atoms with Crippen molar-refractivity contribution in [3.05, 3.63) is 23.8 Å². The Balaban J connectivity index is 0.00000900. The third-order valence-corrected chi connectivity index (χ3v) is 5.95. The second kappa shape index (κ2) is 19.8. The van der Waals surface area contributed by atoms with Gasteiger partial charge in [-0.25, -0.2) is 8.42 Å². The van der Waals surface area contributed by atoms with Gasteiger partial charge in [-0.3, -0.25) is 0 Å². The van der Waals surface area contributed by atoms with Crippen molar-refractivity contribution in [2.75, 3.05) is 0 Å². The summed E-state index contributed by atoms with van der Waals surface area (Å²) in [5, 5.41) is 9.88. The van der Waals surface area contributed by atoms with Gasteiger partial charge >= 0.3 is 51.4 Å². The van der Waals surface area contributed by atoms with Crippen molar-refractivity contribution in [2.24, 2.45) is 0 Å². The molecule has 0 amide bonds. The summed E-state index contributed by atoms with van der Waals surface area (Å²) < 4.78 is 36.4. The van der Waals surface area contributed by atoms with E-state index in [1.807, 2.05) is 0 Å². The average molecular weight is 481 g/mol. The van der Waals surface area contributed by atoms with Gasteiger partial charge in [0, 0.05) is 0 Å². The quantitative estimate of drug-likeness (QED) is 0.140. The molecule has 0 radical (unpaired) electrons. The topological polar surface area (TPSA) is 86.7 Å².